The van der Waals surface area contributed by atoms with Crippen LogP contribution < -0.4 is 5.32 Å². The van der Waals surface area contributed by atoms with E-state index in [0.717, 1.165) is 6.07 Å². The quantitative estimate of drug-likeness (QED) is 0.898. The van der Waals surface area contributed by atoms with E-state index in [9.17, 15) is 17.4 Å². The lowest BCUT2D eigenvalue weighted by atomic mass is 10.0. The Morgan fingerprint density at radius 3 is 2.50 bits per heavy atom. The summed E-state index contributed by atoms with van der Waals surface area (Å²) in [6, 6.07) is 5.07. The number of hydrogen-bond acceptors (Lipinski definition) is 2. The van der Waals surface area contributed by atoms with Crippen molar-refractivity contribution in [2.75, 3.05) is 18.6 Å². The third-order valence-corrected chi connectivity index (χ3v) is 3.35. The minimum atomic E-state index is -4.35. The summed E-state index contributed by atoms with van der Waals surface area (Å²) in [6.45, 7) is 2.10. The largest absolute Gasteiger partial charge is 0.416 e. The molecule has 1 aromatic rings. The number of benzene rings is 1. The van der Waals surface area contributed by atoms with Gasteiger partial charge in [-0.05, 0) is 18.6 Å². The lowest BCUT2D eigenvalue weighted by Gasteiger charge is -2.19. The molecule has 0 amide bonds. The van der Waals surface area contributed by atoms with E-state index in [0.29, 0.717) is 12.3 Å². The van der Waals surface area contributed by atoms with Gasteiger partial charge in [0.2, 0.25) is 0 Å². The van der Waals surface area contributed by atoms with Gasteiger partial charge in [0.05, 0.1) is 5.56 Å². The van der Waals surface area contributed by atoms with Crippen LogP contribution in [-0.4, -0.2) is 22.8 Å². The van der Waals surface area contributed by atoms with Gasteiger partial charge in [0, 0.05) is 35.4 Å². The van der Waals surface area contributed by atoms with Gasteiger partial charge in [-0.2, -0.15) is 13.2 Å². The monoisotopic (exact) mass is 279 g/mol. The molecule has 2 atom stereocenters. The highest BCUT2D eigenvalue weighted by molar-refractivity contribution is 7.84. The highest BCUT2D eigenvalue weighted by Gasteiger charge is 2.33. The van der Waals surface area contributed by atoms with Crippen LogP contribution in [0.5, 0.6) is 0 Å². The smallest absolute Gasteiger partial charge is 0.309 e. The molecule has 0 spiro atoms. The van der Waals surface area contributed by atoms with Gasteiger partial charge in [0.15, 0.2) is 0 Å². The van der Waals surface area contributed by atoms with E-state index in [-0.39, 0.29) is 5.56 Å². The van der Waals surface area contributed by atoms with Crippen LogP contribution in [0.3, 0.4) is 0 Å². The van der Waals surface area contributed by atoms with E-state index < -0.39 is 28.6 Å². The second-order valence-electron chi connectivity index (χ2n) is 4.04. The van der Waals surface area contributed by atoms with Gasteiger partial charge in [0.1, 0.15) is 0 Å². The molecule has 0 saturated heterocycles. The van der Waals surface area contributed by atoms with Gasteiger partial charge < -0.3 is 5.32 Å². The molecular weight excluding hydrogens is 263 g/mol. The van der Waals surface area contributed by atoms with E-state index in [1.54, 1.807) is 19.2 Å². The first-order chi connectivity index (χ1) is 8.32. The molecule has 2 nitrogen and oxygen atoms in total. The summed E-state index contributed by atoms with van der Waals surface area (Å²) < 4.78 is 49.2. The normalized spacial score (nSPS) is 15.4. The summed E-state index contributed by atoms with van der Waals surface area (Å²) in [5, 5.41) is 2.95. The Morgan fingerprint density at radius 1 is 1.33 bits per heavy atom. The molecule has 0 bridgehead atoms. The zero-order valence-corrected chi connectivity index (χ0v) is 11.1. The van der Waals surface area contributed by atoms with E-state index in [2.05, 4.69) is 5.32 Å². The van der Waals surface area contributed by atoms with Crippen molar-refractivity contribution in [3.8, 4) is 0 Å². The Labute approximate surface area is 107 Å². The minimum absolute atomic E-state index is 0.215. The van der Waals surface area contributed by atoms with Crippen molar-refractivity contribution in [1.82, 2.24) is 5.32 Å². The molecule has 6 heteroatoms. The van der Waals surface area contributed by atoms with Crippen molar-refractivity contribution in [1.29, 1.82) is 0 Å². The van der Waals surface area contributed by atoms with Gasteiger partial charge in [-0.25, -0.2) is 0 Å². The molecule has 1 rings (SSSR count). The topological polar surface area (TPSA) is 29.1 Å². The first kappa shape index (κ1) is 15.2. The number of hydrogen-bond donors (Lipinski definition) is 1. The van der Waals surface area contributed by atoms with Crippen molar-refractivity contribution in [2.45, 2.75) is 19.1 Å². The van der Waals surface area contributed by atoms with Gasteiger partial charge in [-0.15, -0.1) is 0 Å². The average molecular weight is 279 g/mol. The second-order valence-corrected chi connectivity index (χ2v) is 5.59. The van der Waals surface area contributed by atoms with Crippen LogP contribution in [-0.2, 0) is 17.0 Å². The Morgan fingerprint density at radius 2 is 1.94 bits per heavy atom. The lowest BCUT2D eigenvalue weighted by Crippen LogP contribution is -2.25. The van der Waals surface area contributed by atoms with Crippen molar-refractivity contribution in [3.05, 3.63) is 35.4 Å². The summed E-state index contributed by atoms with van der Waals surface area (Å²) in [6.07, 6.45) is -2.78. The molecule has 0 aromatic heterocycles. The second kappa shape index (κ2) is 6.33. The lowest BCUT2D eigenvalue weighted by molar-refractivity contribution is -0.138. The molecule has 0 heterocycles. The number of halogens is 3. The summed E-state index contributed by atoms with van der Waals surface area (Å²) in [5.74, 6) is 0.429. The number of nitrogens with one attached hydrogen (secondary N) is 1. The van der Waals surface area contributed by atoms with E-state index >= 15 is 0 Å². The maximum absolute atomic E-state index is 12.8. The summed E-state index contributed by atoms with van der Waals surface area (Å²) in [5.41, 5.74) is -0.408. The first-order valence-corrected chi connectivity index (χ1v) is 7.24. The van der Waals surface area contributed by atoms with Gasteiger partial charge in [0.25, 0.3) is 0 Å². The molecule has 0 radical (unpaired) electrons. The SMILES string of the molecule is CC(NCCS(C)=O)c1ccccc1C(F)(F)F. The first-order valence-electron chi connectivity index (χ1n) is 5.52. The zero-order valence-electron chi connectivity index (χ0n) is 10.3. The molecule has 102 valence electrons. The Balaban J connectivity index is 2.79. The predicted molar refractivity (Wildman–Crippen MR) is 66.8 cm³/mol. The van der Waals surface area contributed by atoms with Crippen molar-refractivity contribution in [2.24, 2.45) is 0 Å². The van der Waals surface area contributed by atoms with Crippen molar-refractivity contribution in [3.63, 3.8) is 0 Å². The van der Waals surface area contributed by atoms with Crippen LogP contribution in [0.15, 0.2) is 24.3 Å². The van der Waals surface area contributed by atoms with Crippen LogP contribution in [0.25, 0.3) is 0 Å². The van der Waals surface area contributed by atoms with E-state index in [4.69, 9.17) is 0 Å². The Kier molecular flexibility index (Phi) is 5.34. The minimum Gasteiger partial charge on any atom is -0.309 e. The van der Waals surface area contributed by atoms with Crippen molar-refractivity contribution < 1.29 is 17.4 Å². The van der Waals surface area contributed by atoms with Crippen molar-refractivity contribution >= 4 is 10.8 Å². The summed E-state index contributed by atoms with van der Waals surface area (Å²) >= 11 is 0. The molecule has 1 aromatic carbocycles. The third kappa shape index (κ3) is 4.42. The standard InChI is InChI=1S/C12H16F3NOS/c1-9(16-7-8-18(2)17)10-5-3-4-6-11(10)12(13,14)15/h3-6,9,16H,7-8H2,1-2H3. The highest BCUT2D eigenvalue weighted by atomic mass is 32.2. The molecule has 0 fully saturated rings. The highest BCUT2D eigenvalue weighted by Crippen LogP contribution is 2.34. The molecule has 0 aliphatic rings. The predicted octanol–water partition coefficient (Wildman–Crippen LogP) is 2.73. The summed E-state index contributed by atoms with van der Waals surface area (Å²) in [4.78, 5) is 0. The fraction of sp³-hybridized carbons (Fsp3) is 0.500. The van der Waals surface area contributed by atoms with Crippen LogP contribution in [0.2, 0.25) is 0 Å². The van der Waals surface area contributed by atoms with Crippen LogP contribution in [0, 0.1) is 0 Å². The number of rotatable bonds is 5. The maximum atomic E-state index is 12.8. The fourth-order valence-corrected chi connectivity index (χ4v) is 2.07. The molecule has 0 aliphatic carbocycles. The van der Waals surface area contributed by atoms with Crippen LogP contribution in [0.4, 0.5) is 13.2 Å². The Hall–Kier alpha value is -0.880. The Bertz CT molecular complexity index is 420. The molecule has 0 aliphatic heterocycles. The van der Waals surface area contributed by atoms with Gasteiger partial charge in [-0.1, -0.05) is 18.2 Å². The van der Waals surface area contributed by atoms with Gasteiger partial charge >= 0.3 is 6.18 Å². The van der Waals surface area contributed by atoms with Gasteiger partial charge in [-0.3, -0.25) is 4.21 Å². The average Bonchev–Trinajstić information content (AvgIpc) is 2.27. The molecule has 1 N–H and O–H groups in total. The summed E-state index contributed by atoms with van der Waals surface area (Å²) in [7, 11) is -0.946. The maximum Gasteiger partial charge on any atom is 0.416 e. The molecular formula is C12H16F3NOS. The molecule has 0 saturated carbocycles. The fourth-order valence-electron chi connectivity index (χ4n) is 1.66. The third-order valence-electron chi connectivity index (χ3n) is 2.57. The zero-order chi connectivity index (χ0) is 13.8. The van der Waals surface area contributed by atoms with Crippen LogP contribution >= 0.6 is 0 Å². The van der Waals surface area contributed by atoms with Crippen LogP contribution in [0.1, 0.15) is 24.1 Å². The molecule has 2 unspecified atom stereocenters. The number of alkyl halides is 3. The van der Waals surface area contributed by atoms with E-state index in [1.807, 2.05) is 0 Å². The molecule has 18 heavy (non-hydrogen) atoms. The van der Waals surface area contributed by atoms with E-state index in [1.165, 1.54) is 12.1 Å².